The highest BCUT2D eigenvalue weighted by Gasteiger charge is 2.40. The maximum atomic E-state index is 12.4. The second kappa shape index (κ2) is 7.40. The molecule has 2 unspecified atom stereocenters. The Morgan fingerprint density at radius 3 is 2.17 bits per heavy atom. The number of hydrogen-bond donors (Lipinski definition) is 1. The van der Waals surface area contributed by atoms with E-state index in [1.807, 2.05) is 6.92 Å². The first kappa shape index (κ1) is 17.2. The third-order valence-electron chi connectivity index (χ3n) is 4.22. The van der Waals surface area contributed by atoms with Gasteiger partial charge in [0, 0.05) is 6.04 Å². The largest absolute Gasteiger partial charge is 0.352 e. The predicted molar refractivity (Wildman–Crippen MR) is 88.2 cm³/mol. The van der Waals surface area contributed by atoms with Crippen molar-refractivity contribution in [1.82, 2.24) is 10.2 Å². The number of fused-ring (bicyclic) bond motifs is 1. The number of amides is 3. The molecule has 0 saturated heterocycles. The van der Waals surface area contributed by atoms with Crippen molar-refractivity contribution in [3.8, 4) is 0 Å². The Bertz CT molecular complexity index is 577. The van der Waals surface area contributed by atoms with Gasteiger partial charge in [-0.1, -0.05) is 38.3 Å². The van der Waals surface area contributed by atoms with E-state index in [1.165, 1.54) is 0 Å². The van der Waals surface area contributed by atoms with Crippen molar-refractivity contribution in [2.45, 2.75) is 58.5 Å². The molecule has 3 amide bonds. The maximum Gasteiger partial charge on any atom is 0.262 e. The maximum absolute atomic E-state index is 12.4. The molecule has 1 aliphatic heterocycles. The fourth-order valence-corrected chi connectivity index (χ4v) is 2.81. The van der Waals surface area contributed by atoms with Gasteiger partial charge >= 0.3 is 0 Å². The number of benzene rings is 1. The third-order valence-corrected chi connectivity index (χ3v) is 4.22. The fourth-order valence-electron chi connectivity index (χ4n) is 2.81. The van der Waals surface area contributed by atoms with Crippen LogP contribution in [-0.2, 0) is 4.79 Å². The third kappa shape index (κ3) is 3.60. The molecule has 1 aromatic rings. The molecule has 1 heterocycles. The zero-order chi connectivity index (χ0) is 17.0. The first-order valence-corrected chi connectivity index (χ1v) is 8.24. The van der Waals surface area contributed by atoms with Crippen molar-refractivity contribution in [2.24, 2.45) is 0 Å². The number of hydrogen-bond acceptors (Lipinski definition) is 3. The molecule has 0 radical (unpaired) electrons. The Morgan fingerprint density at radius 1 is 1.09 bits per heavy atom. The zero-order valence-corrected chi connectivity index (χ0v) is 14.0. The standard InChI is InChI=1S/C18H24N2O3/c1-4-5-6-9-12(2)19-16(21)13(3)20-17(22)14-10-7-8-11-15(14)18(20)23/h7-8,10-13H,4-6,9H2,1-3H3,(H,19,21). The van der Waals surface area contributed by atoms with Crippen molar-refractivity contribution in [3.63, 3.8) is 0 Å². The molecular weight excluding hydrogens is 292 g/mol. The second-order valence-corrected chi connectivity index (χ2v) is 6.11. The van der Waals surface area contributed by atoms with Crippen LogP contribution in [0.3, 0.4) is 0 Å². The van der Waals surface area contributed by atoms with E-state index in [9.17, 15) is 14.4 Å². The summed E-state index contributed by atoms with van der Waals surface area (Å²) >= 11 is 0. The lowest BCUT2D eigenvalue weighted by molar-refractivity contribution is -0.125. The highest BCUT2D eigenvalue weighted by molar-refractivity contribution is 6.22. The van der Waals surface area contributed by atoms with Crippen molar-refractivity contribution in [1.29, 1.82) is 0 Å². The van der Waals surface area contributed by atoms with E-state index < -0.39 is 17.9 Å². The van der Waals surface area contributed by atoms with Crippen LogP contribution in [0.4, 0.5) is 0 Å². The molecule has 5 nitrogen and oxygen atoms in total. The van der Waals surface area contributed by atoms with Crippen molar-refractivity contribution in [2.75, 3.05) is 0 Å². The van der Waals surface area contributed by atoms with Crippen molar-refractivity contribution >= 4 is 17.7 Å². The summed E-state index contributed by atoms with van der Waals surface area (Å²) < 4.78 is 0. The van der Waals surface area contributed by atoms with Gasteiger partial charge in [0.25, 0.3) is 11.8 Å². The van der Waals surface area contributed by atoms with Gasteiger partial charge in [0.15, 0.2) is 0 Å². The number of rotatable bonds is 7. The van der Waals surface area contributed by atoms with E-state index in [2.05, 4.69) is 12.2 Å². The van der Waals surface area contributed by atoms with Crippen LogP contribution in [0.5, 0.6) is 0 Å². The number of carbonyl (C=O) groups excluding carboxylic acids is 3. The summed E-state index contributed by atoms with van der Waals surface area (Å²) in [7, 11) is 0. The molecule has 0 aromatic heterocycles. The lowest BCUT2D eigenvalue weighted by atomic mass is 10.1. The first-order chi connectivity index (χ1) is 11.0. The van der Waals surface area contributed by atoms with E-state index in [1.54, 1.807) is 31.2 Å². The summed E-state index contributed by atoms with van der Waals surface area (Å²) in [5.74, 6) is -1.08. The Morgan fingerprint density at radius 2 is 1.65 bits per heavy atom. The molecule has 0 bridgehead atoms. The molecule has 124 valence electrons. The quantitative estimate of drug-likeness (QED) is 0.621. The van der Waals surface area contributed by atoms with Gasteiger partial charge in [-0.3, -0.25) is 19.3 Å². The van der Waals surface area contributed by atoms with Crippen LogP contribution in [0, 0.1) is 0 Å². The number of nitrogens with one attached hydrogen (secondary N) is 1. The van der Waals surface area contributed by atoms with Gasteiger partial charge in [-0.25, -0.2) is 0 Å². The Hall–Kier alpha value is -2.17. The Balaban J connectivity index is 2.01. The number of imide groups is 1. The summed E-state index contributed by atoms with van der Waals surface area (Å²) in [4.78, 5) is 38.2. The van der Waals surface area contributed by atoms with Crippen LogP contribution in [0.1, 0.15) is 67.2 Å². The van der Waals surface area contributed by atoms with Gasteiger partial charge in [-0.15, -0.1) is 0 Å². The van der Waals surface area contributed by atoms with E-state index in [4.69, 9.17) is 0 Å². The first-order valence-electron chi connectivity index (χ1n) is 8.24. The second-order valence-electron chi connectivity index (χ2n) is 6.11. The topological polar surface area (TPSA) is 66.5 Å². The van der Waals surface area contributed by atoms with Crippen LogP contribution >= 0.6 is 0 Å². The lowest BCUT2D eigenvalue weighted by Gasteiger charge is -2.23. The highest BCUT2D eigenvalue weighted by Crippen LogP contribution is 2.24. The molecule has 1 aromatic carbocycles. The molecule has 2 rings (SSSR count). The molecule has 0 aliphatic carbocycles. The molecular formula is C18H24N2O3. The van der Waals surface area contributed by atoms with Crippen LogP contribution in [0.15, 0.2) is 24.3 Å². The van der Waals surface area contributed by atoms with E-state index in [0.29, 0.717) is 11.1 Å². The average Bonchev–Trinajstić information content (AvgIpc) is 2.79. The van der Waals surface area contributed by atoms with Crippen LogP contribution < -0.4 is 5.32 Å². The summed E-state index contributed by atoms with van der Waals surface area (Å²) in [5.41, 5.74) is 0.737. The number of carbonyl (C=O) groups is 3. The minimum atomic E-state index is -0.809. The molecule has 1 aliphatic rings. The van der Waals surface area contributed by atoms with Crippen LogP contribution in [0.25, 0.3) is 0 Å². The van der Waals surface area contributed by atoms with Crippen molar-refractivity contribution in [3.05, 3.63) is 35.4 Å². The molecule has 0 fully saturated rings. The van der Waals surface area contributed by atoms with E-state index in [-0.39, 0.29) is 11.9 Å². The fraction of sp³-hybridized carbons (Fsp3) is 0.500. The highest BCUT2D eigenvalue weighted by atomic mass is 16.2. The molecule has 2 atom stereocenters. The minimum Gasteiger partial charge on any atom is -0.352 e. The Labute approximate surface area is 137 Å². The lowest BCUT2D eigenvalue weighted by Crippen LogP contribution is -2.49. The average molecular weight is 316 g/mol. The van der Waals surface area contributed by atoms with Gasteiger partial charge in [0.1, 0.15) is 6.04 Å². The molecule has 23 heavy (non-hydrogen) atoms. The normalized spacial score (nSPS) is 16.2. The molecule has 5 heteroatoms. The Kier molecular flexibility index (Phi) is 5.53. The van der Waals surface area contributed by atoms with Crippen LogP contribution in [0.2, 0.25) is 0 Å². The summed E-state index contributed by atoms with van der Waals surface area (Å²) in [6, 6.07) is 5.89. The number of unbranched alkanes of at least 4 members (excludes halogenated alkanes) is 2. The van der Waals surface area contributed by atoms with Crippen molar-refractivity contribution < 1.29 is 14.4 Å². The molecule has 0 saturated carbocycles. The smallest absolute Gasteiger partial charge is 0.262 e. The zero-order valence-electron chi connectivity index (χ0n) is 14.0. The SMILES string of the molecule is CCCCCC(C)NC(=O)C(C)N1C(=O)c2ccccc2C1=O. The summed E-state index contributed by atoms with van der Waals surface area (Å²) in [6.07, 6.45) is 4.22. The number of nitrogens with zero attached hydrogens (tertiary/aromatic N) is 1. The van der Waals surface area contributed by atoms with E-state index in [0.717, 1.165) is 30.6 Å². The minimum absolute atomic E-state index is 0.0340. The summed E-state index contributed by atoms with van der Waals surface area (Å²) in [5, 5.41) is 2.90. The summed E-state index contributed by atoms with van der Waals surface area (Å²) in [6.45, 7) is 5.67. The van der Waals surface area contributed by atoms with Gasteiger partial charge in [0.2, 0.25) is 5.91 Å². The molecule has 1 N–H and O–H groups in total. The van der Waals surface area contributed by atoms with Gasteiger partial charge < -0.3 is 5.32 Å². The van der Waals surface area contributed by atoms with Gasteiger partial charge in [-0.2, -0.15) is 0 Å². The predicted octanol–water partition coefficient (Wildman–Crippen LogP) is 2.76. The molecule has 0 spiro atoms. The van der Waals surface area contributed by atoms with Gasteiger partial charge in [0.05, 0.1) is 11.1 Å². The van der Waals surface area contributed by atoms with Gasteiger partial charge in [-0.05, 0) is 32.4 Å². The van der Waals surface area contributed by atoms with Crippen LogP contribution in [-0.4, -0.2) is 34.7 Å². The van der Waals surface area contributed by atoms with E-state index >= 15 is 0 Å². The monoisotopic (exact) mass is 316 g/mol.